The monoisotopic (exact) mass is 197 g/mol. The van der Waals surface area contributed by atoms with Gasteiger partial charge in [-0.15, -0.1) is 0 Å². The maximum Gasteiger partial charge on any atom is 0.123 e. The SMILES string of the molecule is CCC(N)(CCO)c1ccc(F)cc1. The number of hydrogen-bond donors (Lipinski definition) is 2. The molecule has 3 N–H and O–H groups in total. The van der Waals surface area contributed by atoms with E-state index in [1.165, 1.54) is 12.1 Å². The maximum absolute atomic E-state index is 12.7. The smallest absolute Gasteiger partial charge is 0.123 e. The third kappa shape index (κ3) is 2.30. The topological polar surface area (TPSA) is 46.2 Å². The Morgan fingerprint density at radius 2 is 1.93 bits per heavy atom. The average molecular weight is 197 g/mol. The molecule has 0 spiro atoms. The highest BCUT2D eigenvalue weighted by atomic mass is 19.1. The first kappa shape index (κ1) is 11.1. The van der Waals surface area contributed by atoms with Crippen molar-refractivity contribution in [1.29, 1.82) is 0 Å². The molecule has 1 atom stereocenters. The molecule has 0 saturated carbocycles. The third-order valence-electron chi connectivity index (χ3n) is 2.61. The van der Waals surface area contributed by atoms with Gasteiger partial charge in [-0.1, -0.05) is 19.1 Å². The Morgan fingerprint density at radius 3 is 2.36 bits per heavy atom. The molecule has 0 saturated heterocycles. The first-order chi connectivity index (χ1) is 6.62. The normalized spacial score (nSPS) is 15.1. The molecular formula is C11H16FNO. The van der Waals surface area contributed by atoms with E-state index in [0.717, 1.165) is 12.0 Å². The van der Waals surface area contributed by atoms with E-state index in [1.54, 1.807) is 12.1 Å². The van der Waals surface area contributed by atoms with Crippen molar-refractivity contribution < 1.29 is 9.50 Å². The van der Waals surface area contributed by atoms with Crippen molar-refractivity contribution in [3.8, 4) is 0 Å². The zero-order chi connectivity index (χ0) is 10.6. The van der Waals surface area contributed by atoms with Gasteiger partial charge in [0.1, 0.15) is 5.82 Å². The summed E-state index contributed by atoms with van der Waals surface area (Å²) in [6.45, 7) is 2.00. The lowest BCUT2D eigenvalue weighted by Gasteiger charge is -2.27. The predicted octanol–water partition coefficient (Wildman–Crippen LogP) is 1.77. The summed E-state index contributed by atoms with van der Waals surface area (Å²) in [7, 11) is 0. The molecule has 1 aromatic carbocycles. The first-order valence-electron chi connectivity index (χ1n) is 4.78. The molecular weight excluding hydrogens is 181 g/mol. The zero-order valence-corrected chi connectivity index (χ0v) is 8.33. The summed E-state index contributed by atoms with van der Waals surface area (Å²) in [5.41, 5.74) is 6.43. The van der Waals surface area contributed by atoms with Gasteiger partial charge in [0.15, 0.2) is 0 Å². The number of hydrogen-bond acceptors (Lipinski definition) is 2. The Balaban J connectivity index is 2.94. The van der Waals surface area contributed by atoms with Crippen LogP contribution in [0.5, 0.6) is 0 Å². The second-order valence-electron chi connectivity index (χ2n) is 3.49. The van der Waals surface area contributed by atoms with Crippen LogP contribution in [-0.2, 0) is 5.54 Å². The van der Waals surface area contributed by atoms with Crippen LogP contribution >= 0.6 is 0 Å². The van der Waals surface area contributed by atoms with Gasteiger partial charge in [0.25, 0.3) is 0 Å². The van der Waals surface area contributed by atoms with E-state index in [0.29, 0.717) is 6.42 Å². The highest BCUT2D eigenvalue weighted by molar-refractivity contribution is 5.24. The molecule has 2 nitrogen and oxygen atoms in total. The van der Waals surface area contributed by atoms with E-state index in [1.807, 2.05) is 6.92 Å². The number of aliphatic hydroxyl groups excluding tert-OH is 1. The summed E-state index contributed by atoms with van der Waals surface area (Å²) in [6.07, 6.45) is 1.22. The van der Waals surface area contributed by atoms with Crippen LogP contribution in [0.4, 0.5) is 4.39 Å². The highest BCUT2D eigenvalue weighted by Crippen LogP contribution is 2.25. The lowest BCUT2D eigenvalue weighted by Crippen LogP contribution is -2.36. The van der Waals surface area contributed by atoms with Gasteiger partial charge >= 0.3 is 0 Å². The van der Waals surface area contributed by atoms with Crippen molar-refractivity contribution >= 4 is 0 Å². The van der Waals surface area contributed by atoms with Gasteiger partial charge < -0.3 is 10.8 Å². The van der Waals surface area contributed by atoms with Crippen LogP contribution in [0.2, 0.25) is 0 Å². The fourth-order valence-corrected chi connectivity index (χ4v) is 1.51. The van der Waals surface area contributed by atoms with Crippen LogP contribution in [0.1, 0.15) is 25.3 Å². The van der Waals surface area contributed by atoms with Gasteiger partial charge in [-0.05, 0) is 30.5 Å². The summed E-state index contributed by atoms with van der Waals surface area (Å²) in [5, 5.41) is 8.89. The van der Waals surface area contributed by atoms with Crippen LogP contribution in [0, 0.1) is 5.82 Å². The van der Waals surface area contributed by atoms with Gasteiger partial charge in [0, 0.05) is 12.1 Å². The Morgan fingerprint density at radius 1 is 1.36 bits per heavy atom. The molecule has 0 aliphatic heterocycles. The van der Waals surface area contributed by atoms with Gasteiger partial charge in [-0.3, -0.25) is 0 Å². The fourth-order valence-electron chi connectivity index (χ4n) is 1.51. The van der Waals surface area contributed by atoms with E-state index in [-0.39, 0.29) is 12.4 Å². The molecule has 0 bridgehead atoms. The molecule has 0 radical (unpaired) electrons. The highest BCUT2D eigenvalue weighted by Gasteiger charge is 2.24. The summed E-state index contributed by atoms with van der Waals surface area (Å²) in [5.74, 6) is -0.267. The van der Waals surface area contributed by atoms with E-state index in [9.17, 15) is 4.39 Å². The molecule has 1 aromatic rings. The van der Waals surface area contributed by atoms with E-state index in [2.05, 4.69) is 0 Å². The predicted molar refractivity (Wildman–Crippen MR) is 54.3 cm³/mol. The van der Waals surface area contributed by atoms with Crippen molar-refractivity contribution in [2.75, 3.05) is 6.61 Å². The summed E-state index contributed by atoms with van der Waals surface area (Å²) in [6, 6.07) is 6.14. The lowest BCUT2D eigenvalue weighted by molar-refractivity contribution is 0.235. The summed E-state index contributed by atoms with van der Waals surface area (Å²) < 4.78 is 12.7. The molecule has 0 amide bonds. The van der Waals surface area contributed by atoms with E-state index in [4.69, 9.17) is 10.8 Å². The Labute approximate surface area is 83.6 Å². The largest absolute Gasteiger partial charge is 0.396 e. The van der Waals surface area contributed by atoms with Crippen molar-refractivity contribution in [3.63, 3.8) is 0 Å². The number of aliphatic hydroxyl groups is 1. The molecule has 0 aliphatic carbocycles. The van der Waals surface area contributed by atoms with Crippen molar-refractivity contribution in [3.05, 3.63) is 35.6 Å². The second-order valence-corrected chi connectivity index (χ2v) is 3.49. The average Bonchev–Trinajstić information content (AvgIpc) is 2.19. The second kappa shape index (κ2) is 4.53. The maximum atomic E-state index is 12.7. The zero-order valence-electron chi connectivity index (χ0n) is 8.33. The van der Waals surface area contributed by atoms with Gasteiger partial charge in [-0.25, -0.2) is 4.39 Å². The van der Waals surface area contributed by atoms with Crippen LogP contribution in [0.15, 0.2) is 24.3 Å². The minimum atomic E-state index is -0.539. The number of halogens is 1. The minimum Gasteiger partial charge on any atom is -0.396 e. The molecule has 0 aromatic heterocycles. The summed E-state index contributed by atoms with van der Waals surface area (Å²) in [4.78, 5) is 0. The molecule has 1 rings (SSSR count). The van der Waals surface area contributed by atoms with Crippen LogP contribution in [0.25, 0.3) is 0 Å². The standard InChI is InChI=1S/C11H16FNO/c1-2-11(13,7-8-14)9-3-5-10(12)6-4-9/h3-6,14H,2,7-8,13H2,1H3. The van der Waals surface area contributed by atoms with Crippen LogP contribution < -0.4 is 5.73 Å². The first-order valence-corrected chi connectivity index (χ1v) is 4.78. The number of nitrogens with two attached hydrogens (primary N) is 1. The van der Waals surface area contributed by atoms with Crippen molar-refractivity contribution in [1.82, 2.24) is 0 Å². The number of rotatable bonds is 4. The lowest BCUT2D eigenvalue weighted by atomic mass is 9.85. The number of benzene rings is 1. The minimum absolute atomic E-state index is 0.0434. The van der Waals surface area contributed by atoms with Crippen LogP contribution in [0.3, 0.4) is 0 Å². The third-order valence-corrected chi connectivity index (χ3v) is 2.61. The van der Waals surface area contributed by atoms with Gasteiger partial charge in [-0.2, -0.15) is 0 Å². The van der Waals surface area contributed by atoms with Gasteiger partial charge in [0.05, 0.1) is 0 Å². The quantitative estimate of drug-likeness (QED) is 0.772. The molecule has 0 aliphatic rings. The molecule has 1 unspecified atom stereocenters. The van der Waals surface area contributed by atoms with Crippen LogP contribution in [-0.4, -0.2) is 11.7 Å². The Kier molecular flexibility index (Phi) is 3.61. The Hall–Kier alpha value is -0.930. The summed E-state index contributed by atoms with van der Waals surface area (Å²) >= 11 is 0. The van der Waals surface area contributed by atoms with E-state index >= 15 is 0 Å². The van der Waals surface area contributed by atoms with Gasteiger partial charge in [0.2, 0.25) is 0 Å². The van der Waals surface area contributed by atoms with Crippen molar-refractivity contribution in [2.24, 2.45) is 5.73 Å². The Bertz CT molecular complexity index is 286. The molecule has 0 heterocycles. The fraction of sp³-hybridized carbons (Fsp3) is 0.455. The molecule has 3 heteroatoms. The molecule has 14 heavy (non-hydrogen) atoms. The molecule has 0 fully saturated rings. The van der Waals surface area contributed by atoms with Crippen molar-refractivity contribution in [2.45, 2.75) is 25.3 Å². The molecule has 78 valence electrons. The van der Waals surface area contributed by atoms with E-state index < -0.39 is 5.54 Å².